The summed E-state index contributed by atoms with van der Waals surface area (Å²) in [7, 11) is 3.68. The van der Waals surface area contributed by atoms with E-state index in [0.29, 0.717) is 0 Å². The summed E-state index contributed by atoms with van der Waals surface area (Å²) in [6.07, 6.45) is 0. The number of hydrogen-bond acceptors (Lipinski definition) is 9. The number of rotatable bonds is 8. The Morgan fingerprint density at radius 2 is 1.62 bits per heavy atom. The molecule has 0 saturated carbocycles. The number of ether oxygens (including phenoxy) is 4. The predicted molar refractivity (Wildman–Crippen MR) is 139 cm³/mol. The van der Waals surface area contributed by atoms with E-state index in [1.165, 1.54) is 18.6 Å². The Balaban J connectivity index is 1.54. The van der Waals surface area contributed by atoms with Gasteiger partial charge >= 0.3 is 18.0 Å². The van der Waals surface area contributed by atoms with E-state index in [1.54, 1.807) is 11.3 Å². The van der Waals surface area contributed by atoms with Crippen molar-refractivity contribution in [2.75, 3.05) is 32.0 Å². The van der Waals surface area contributed by atoms with Crippen LogP contribution in [0.2, 0.25) is 0 Å². The van der Waals surface area contributed by atoms with Crippen LogP contribution in [0.15, 0.2) is 47.2 Å². The maximum atomic E-state index is 14.7. The number of nitrogens with one attached hydrogen (secondary N) is 2. The van der Waals surface area contributed by atoms with Crippen molar-refractivity contribution in [1.82, 2.24) is 0 Å². The van der Waals surface area contributed by atoms with Gasteiger partial charge in [-0.05, 0) is 16.8 Å². The Bertz CT molecular complexity index is 1480. The van der Waals surface area contributed by atoms with Crippen molar-refractivity contribution in [1.29, 1.82) is 0 Å². The first-order chi connectivity index (χ1) is 17.9. The summed E-state index contributed by atoms with van der Waals surface area (Å²) in [6.45, 7) is 0.200. The number of urea groups is 1. The molecule has 2 heterocycles. The summed E-state index contributed by atoms with van der Waals surface area (Å²) in [6, 6.07) is 9.42. The van der Waals surface area contributed by atoms with Crippen molar-refractivity contribution in [3.63, 3.8) is 0 Å². The van der Waals surface area contributed by atoms with Crippen molar-refractivity contribution in [2.24, 2.45) is 0 Å². The minimum absolute atomic E-state index is 0.00415. The molecule has 2 N–H and O–H groups in total. The summed E-state index contributed by atoms with van der Waals surface area (Å²) in [5.41, 5.74) is 0.598. The number of hydrogen-bond donors (Lipinski definition) is 2. The molecule has 0 unspecified atom stereocenters. The highest BCUT2D eigenvalue weighted by Gasteiger charge is 2.26. The van der Waals surface area contributed by atoms with E-state index in [4.69, 9.17) is 14.2 Å². The molecule has 9 nitrogen and oxygen atoms in total. The van der Waals surface area contributed by atoms with Gasteiger partial charge in [0.2, 0.25) is 0 Å². The first-order valence-electron chi connectivity index (χ1n) is 10.7. The van der Waals surface area contributed by atoms with Gasteiger partial charge in [-0.15, -0.1) is 22.7 Å². The number of benzene rings is 2. The number of thiophene rings is 2. The quantitative estimate of drug-likeness (QED) is 0.265. The highest BCUT2D eigenvalue weighted by Crippen LogP contribution is 2.35. The summed E-state index contributed by atoms with van der Waals surface area (Å²) in [4.78, 5) is 36.8. The Kier molecular flexibility index (Phi) is 7.89. The van der Waals surface area contributed by atoms with Crippen molar-refractivity contribution < 1.29 is 37.7 Å². The fourth-order valence-electron chi connectivity index (χ4n) is 3.48. The van der Waals surface area contributed by atoms with E-state index in [0.717, 1.165) is 47.3 Å². The standard InChI is InChI=1S/C25H21FN2O7S2/c1-32-18-8-15(26)16(9-19(18)35-10-13-11-36-20-7-5-4-6-14(13)20)27-25(31)28-17-12-37-22(24(30)34-3)21(17)23(29)33-2/h4-9,11-12H,10H2,1-3H3,(H2,27,28,31). The van der Waals surface area contributed by atoms with Crippen LogP contribution >= 0.6 is 22.7 Å². The summed E-state index contributed by atoms with van der Waals surface area (Å²) < 4.78 is 36.4. The first kappa shape index (κ1) is 25.9. The molecular weight excluding hydrogens is 523 g/mol. The summed E-state index contributed by atoms with van der Waals surface area (Å²) in [5.74, 6) is -2.01. The van der Waals surface area contributed by atoms with E-state index in [-0.39, 0.29) is 39.9 Å². The molecule has 12 heteroatoms. The van der Waals surface area contributed by atoms with Crippen LogP contribution in [0.4, 0.5) is 20.6 Å². The zero-order valence-electron chi connectivity index (χ0n) is 19.9. The highest BCUT2D eigenvalue weighted by molar-refractivity contribution is 7.17. The predicted octanol–water partition coefficient (Wildman–Crippen LogP) is 5.91. The van der Waals surface area contributed by atoms with Gasteiger partial charge in [-0.3, -0.25) is 0 Å². The molecule has 37 heavy (non-hydrogen) atoms. The topological polar surface area (TPSA) is 112 Å². The van der Waals surface area contributed by atoms with Crippen LogP contribution in [0.1, 0.15) is 25.6 Å². The van der Waals surface area contributed by atoms with Gasteiger partial charge in [0.15, 0.2) is 17.3 Å². The maximum Gasteiger partial charge on any atom is 0.349 e. The number of esters is 2. The monoisotopic (exact) mass is 544 g/mol. The van der Waals surface area contributed by atoms with Gasteiger partial charge < -0.3 is 29.6 Å². The molecule has 4 aromatic rings. The average Bonchev–Trinajstić information content (AvgIpc) is 3.52. The van der Waals surface area contributed by atoms with Crippen LogP contribution < -0.4 is 20.1 Å². The van der Waals surface area contributed by atoms with Gasteiger partial charge in [0.1, 0.15) is 17.0 Å². The fraction of sp³-hybridized carbons (Fsp3) is 0.160. The van der Waals surface area contributed by atoms with Gasteiger partial charge in [-0.1, -0.05) is 18.2 Å². The molecule has 2 aromatic carbocycles. The minimum atomic E-state index is -0.863. The molecular formula is C25H21FN2O7S2. The molecule has 2 amide bonds. The first-order valence-corrected chi connectivity index (χ1v) is 12.4. The largest absolute Gasteiger partial charge is 0.493 e. The second-order valence-corrected chi connectivity index (χ2v) is 9.24. The SMILES string of the molecule is COC(=O)c1scc(NC(=O)Nc2cc(OCc3csc4ccccc34)c(OC)cc2F)c1C(=O)OC. The number of carbonyl (C=O) groups is 3. The van der Waals surface area contributed by atoms with Crippen LogP contribution in [0.25, 0.3) is 10.1 Å². The fourth-order valence-corrected chi connectivity index (χ4v) is 5.33. The lowest BCUT2D eigenvalue weighted by Crippen LogP contribution is -2.22. The molecule has 0 aliphatic heterocycles. The molecule has 0 radical (unpaired) electrons. The molecule has 0 fully saturated rings. The van der Waals surface area contributed by atoms with E-state index in [1.807, 2.05) is 29.6 Å². The molecule has 0 spiro atoms. The van der Waals surface area contributed by atoms with Crippen molar-refractivity contribution in [3.05, 3.63) is 69.0 Å². The van der Waals surface area contributed by atoms with Crippen molar-refractivity contribution in [2.45, 2.75) is 6.61 Å². The molecule has 0 saturated heterocycles. The van der Waals surface area contributed by atoms with Crippen LogP contribution in [0.3, 0.4) is 0 Å². The lowest BCUT2D eigenvalue weighted by Gasteiger charge is -2.14. The smallest absolute Gasteiger partial charge is 0.349 e. The van der Waals surface area contributed by atoms with E-state index >= 15 is 0 Å². The van der Waals surface area contributed by atoms with Crippen molar-refractivity contribution in [3.8, 4) is 11.5 Å². The Hall–Kier alpha value is -4.16. The zero-order chi connectivity index (χ0) is 26.5. The highest BCUT2D eigenvalue weighted by atomic mass is 32.1. The van der Waals surface area contributed by atoms with Crippen LogP contribution in [0.5, 0.6) is 11.5 Å². The third-order valence-corrected chi connectivity index (χ3v) is 7.22. The molecule has 0 bridgehead atoms. The van der Waals surface area contributed by atoms with E-state index < -0.39 is 23.8 Å². The van der Waals surface area contributed by atoms with Crippen LogP contribution in [-0.4, -0.2) is 39.3 Å². The van der Waals surface area contributed by atoms with E-state index in [9.17, 15) is 18.8 Å². The second kappa shape index (κ2) is 11.3. The molecule has 192 valence electrons. The number of carbonyl (C=O) groups excluding carboxylic acids is 3. The number of halogens is 1. The molecule has 0 atom stereocenters. The number of anilines is 2. The minimum Gasteiger partial charge on any atom is -0.493 e. The lowest BCUT2D eigenvalue weighted by atomic mass is 10.2. The van der Waals surface area contributed by atoms with E-state index in [2.05, 4.69) is 15.4 Å². The number of methoxy groups -OCH3 is 3. The van der Waals surface area contributed by atoms with Crippen LogP contribution in [0, 0.1) is 5.82 Å². The Morgan fingerprint density at radius 3 is 2.35 bits per heavy atom. The normalized spacial score (nSPS) is 10.6. The lowest BCUT2D eigenvalue weighted by molar-refractivity contribution is 0.0561. The van der Waals surface area contributed by atoms with Crippen LogP contribution in [-0.2, 0) is 16.1 Å². The molecule has 4 rings (SSSR count). The molecule has 0 aliphatic rings. The third-order valence-electron chi connectivity index (χ3n) is 5.25. The zero-order valence-corrected chi connectivity index (χ0v) is 21.5. The van der Waals surface area contributed by atoms with Gasteiger partial charge in [-0.2, -0.15) is 0 Å². The average molecular weight is 545 g/mol. The molecule has 2 aromatic heterocycles. The van der Waals surface area contributed by atoms with Gasteiger partial charge in [-0.25, -0.2) is 18.8 Å². The third kappa shape index (κ3) is 5.49. The van der Waals surface area contributed by atoms with Gasteiger partial charge in [0, 0.05) is 27.8 Å². The second-order valence-electron chi connectivity index (χ2n) is 7.44. The Morgan fingerprint density at radius 1 is 0.892 bits per heavy atom. The summed E-state index contributed by atoms with van der Waals surface area (Å²) >= 11 is 2.48. The van der Waals surface area contributed by atoms with Crippen molar-refractivity contribution >= 4 is 62.1 Å². The van der Waals surface area contributed by atoms with Gasteiger partial charge in [0.25, 0.3) is 0 Å². The summed E-state index contributed by atoms with van der Waals surface area (Å²) in [5, 5.41) is 9.24. The van der Waals surface area contributed by atoms with Gasteiger partial charge in [0.05, 0.1) is 32.7 Å². The molecule has 0 aliphatic carbocycles. The maximum absolute atomic E-state index is 14.7. The Labute approximate surface area is 218 Å². The number of fused-ring (bicyclic) bond motifs is 1. The number of amides is 2.